The van der Waals surface area contributed by atoms with E-state index in [4.69, 9.17) is 4.74 Å². The van der Waals surface area contributed by atoms with E-state index >= 15 is 0 Å². The van der Waals surface area contributed by atoms with Crippen LogP contribution in [-0.2, 0) is 9.84 Å². The predicted molar refractivity (Wildman–Crippen MR) is 121 cm³/mol. The zero-order chi connectivity index (χ0) is 22.7. The number of nitrogens with one attached hydrogen (secondary N) is 1. The van der Waals surface area contributed by atoms with Crippen LogP contribution in [0.2, 0.25) is 0 Å². The third-order valence-electron chi connectivity index (χ3n) is 5.85. The van der Waals surface area contributed by atoms with Gasteiger partial charge in [0, 0.05) is 18.2 Å². The molecule has 0 bridgehead atoms. The van der Waals surface area contributed by atoms with Gasteiger partial charge in [0.05, 0.1) is 34.8 Å². The highest BCUT2D eigenvalue weighted by Gasteiger charge is 2.27. The van der Waals surface area contributed by atoms with E-state index in [1.165, 1.54) is 12.4 Å². The number of nitrogens with zero attached hydrogens (tertiary/aromatic N) is 5. The zero-order valence-electron chi connectivity index (χ0n) is 17.5. The maximum atomic E-state index is 12.9. The lowest BCUT2D eigenvalue weighted by atomic mass is 10.0. The van der Waals surface area contributed by atoms with Gasteiger partial charge in [0.15, 0.2) is 15.5 Å². The molecule has 6 rings (SSSR count). The molecule has 1 aliphatic rings. The molecule has 33 heavy (non-hydrogen) atoms. The first-order valence-electron chi connectivity index (χ1n) is 10.3. The summed E-state index contributed by atoms with van der Waals surface area (Å²) >= 11 is 0. The van der Waals surface area contributed by atoms with Crippen LogP contribution in [0.15, 0.2) is 64.7 Å². The van der Waals surface area contributed by atoms with Gasteiger partial charge in [0.25, 0.3) is 0 Å². The summed E-state index contributed by atoms with van der Waals surface area (Å²) in [5.74, 6) is 1.03. The van der Waals surface area contributed by atoms with Crippen LogP contribution in [0.5, 0.6) is 5.75 Å². The van der Waals surface area contributed by atoms with E-state index in [1.807, 2.05) is 24.3 Å². The Hall–Kier alpha value is -3.99. The van der Waals surface area contributed by atoms with Crippen molar-refractivity contribution in [2.45, 2.75) is 17.4 Å². The summed E-state index contributed by atoms with van der Waals surface area (Å²) in [5, 5.41) is 0. The molecule has 0 amide bonds. The normalized spacial score (nSPS) is 16.1. The molecule has 0 radical (unpaired) electrons. The summed E-state index contributed by atoms with van der Waals surface area (Å²) < 4.78 is 33.1. The summed E-state index contributed by atoms with van der Waals surface area (Å²) in [6.45, 7) is 0.485. The molecule has 0 spiro atoms. The largest absolute Gasteiger partial charge is 0.493 e. The van der Waals surface area contributed by atoms with Gasteiger partial charge in [-0.3, -0.25) is 9.13 Å². The molecule has 11 heteroatoms. The highest BCUT2D eigenvalue weighted by atomic mass is 32.2. The first-order chi connectivity index (χ1) is 15.9. The Labute approximate surface area is 187 Å². The van der Waals surface area contributed by atoms with Crippen LogP contribution < -0.4 is 10.4 Å². The van der Waals surface area contributed by atoms with Crippen LogP contribution in [0.25, 0.3) is 28.1 Å². The van der Waals surface area contributed by atoms with Crippen molar-refractivity contribution < 1.29 is 13.2 Å². The smallest absolute Gasteiger partial charge is 0.328 e. The monoisotopic (exact) mass is 462 g/mol. The van der Waals surface area contributed by atoms with E-state index in [0.717, 1.165) is 17.6 Å². The fourth-order valence-electron chi connectivity index (χ4n) is 4.28. The molecule has 1 atom stereocenters. The Kier molecular flexibility index (Phi) is 4.18. The van der Waals surface area contributed by atoms with Gasteiger partial charge in [-0.1, -0.05) is 18.2 Å². The van der Waals surface area contributed by atoms with Crippen LogP contribution in [0.3, 0.4) is 0 Å². The van der Waals surface area contributed by atoms with Crippen molar-refractivity contribution in [1.29, 1.82) is 0 Å². The average Bonchev–Trinajstić information content (AvgIpc) is 3.37. The third kappa shape index (κ3) is 3.11. The topological polar surface area (TPSA) is 125 Å². The molecule has 1 N–H and O–H groups in total. The Morgan fingerprint density at radius 3 is 2.85 bits per heavy atom. The zero-order valence-corrected chi connectivity index (χ0v) is 18.3. The fraction of sp³-hybridized carbons (Fsp3) is 0.182. The van der Waals surface area contributed by atoms with E-state index in [0.29, 0.717) is 35.2 Å². The molecule has 0 fully saturated rings. The number of rotatable bonds is 3. The van der Waals surface area contributed by atoms with Crippen molar-refractivity contribution in [3.63, 3.8) is 0 Å². The van der Waals surface area contributed by atoms with Gasteiger partial charge < -0.3 is 9.72 Å². The van der Waals surface area contributed by atoms with Gasteiger partial charge in [-0.05, 0) is 24.3 Å². The quantitative estimate of drug-likeness (QED) is 0.436. The number of aromatic nitrogens is 6. The maximum Gasteiger partial charge on any atom is 0.328 e. The Bertz CT molecular complexity index is 1720. The van der Waals surface area contributed by atoms with Crippen LogP contribution in [0.4, 0.5) is 0 Å². The molecule has 1 aliphatic heterocycles. The second-order valence-electron chi connectivity index (χ2n) is 7.94. The first kappa shape index (κ1) is 19.7. The van der Waals surface area contributed by atoms with Crippen LogP contribution in [0.1, 0.15) is 18.0 Å². The Morgan fingerprint density at radius 2 is 2.00 bits per heavy atom. The van der Waals surface area contributed by atoms with Gasteiger partial charge >= 0.3 is 5.69 Å². The lowest BCUT2D eigenvalue weighted by Crippen LogP contribution is -2.28. The van der Waals surface area contributed by atoms with Gasteiger partial charge in [-0.25, -0.2) is 23.2 Å². The first-order valence-corrected chi connectivity index (χ1v) is 12.2. The van der Waals surface area contributed by atoms with Crippen molar-refractivity contribution in [2.75, 3.05) is 12.9 Å². The number of para-hydroxylation sites is 1. The SMILES string of the molecule is CS(=O)(=O)c1ccc2ncn(-c3ncc4[nH]c(=O)n([C@@H]5CCOc6ccccc65)c4n3)c2c1. The highest BCUT2D eigenvalue weighted by Crippen LogP contribution is 2.35. The van der Waals surface area contributed by atoms with Gasteiger partial charge in [0.2, 0.25) is 5.95 Å². The number of ether oxygens (including phenoxy) is 1. The van der Waals surface area contributed by atoms with E-state index in [9.17, 15) is 13.2 Å². The highest BCUT2D eigenvalue weighted by molar-refractivity contribution is 7.90. The molecule has 10 nitrogen and oxygen atoms in total. The summed E-state index contributed by atoms with van der Waals surface area (Å²) in [6.07, 6.45) is 4.86. The van der Waals surface area contributed by atoms with E-state index in [1.54, 1.807) is 27.5 Å². The standard InChI is InChI=1S/C22H18N6O4S/c1-33(30,31)13-6-7-15-18(10-13)27(12-24-15)21-23-11-16-20(26-21)28(22(29)25-16)17-8-9-32-19-5-3-2-4-14(17)19/h2-7,10-12,17H,8-9H2,1H3,(H,25,29)/t17-/m1/s1. The number of hydrogen-bond acceptors (Lipinski definition) is 7. The van der Waals surface area contributed by atoms with Crippen LogP contribution in [-0.4, -0.2) is 50.4 Å². The fourth-order valence-corrected chi connectivity index (χ4v) is 4.92. The number of H-pyrrole nitrogens is 1. The summed E-state index contributed by atoms with van der Waals surface area (Å²) in [6, 6.07) is 12.1. The van der Waals surface area contributed by atoms with Crippen molar-refractivity contribution in [3.05, 3.63) is 71.0 Å². The molecule has 4 heterocycles. The Morgan fingerprint density at radius 1 is 1.15 bits per heavy atom. The third-order valence-corrected chi connectivity index (χ3v) is 6.96. The molecular formula is C22H18N6O4S. The average molecular weight is 462 g/mol. The number of fused-ring (bicyclic) bond motifs is 3. The number of benzene rings is 2. The van der Waals surface area contributed by atoms with Crippen LogP contribution in [0, 0.1) is 0 Å². The van der Waals surface area contributed by atoms with Crippen molar-refractivity contribution in [3.8, 4) is 11.7 Å². The van der Waals surface area contributed by atoms with E-state index < -0.39 is 9.84 Å². The minimum atomic E-state index is -3.40. The molecule has 0 saturated heterocycles. The molecule has 0 unspecified atom stereocenters. The number of imidazole rings is 2. The molecule has 5 aromatic rings. The van der Waals surface area contributed by atoms with Gasteiger partial charge in [0.1, 0.15) is 17.6 Å². The number of sulfone groups is 1. The van der Waals surface area contributed by atoms with Crippen LogP contribution >= 0.6 is 0 Å². The minimum Gasteiger partial charge on any atom is -0.493 e. The summed E-state index contributed by atoms with van der Waals surface area (Å²) in [7, 11) is -3.40. The van der Waals surface area contributed by atoms with E-state index in [2.05, 4.69) is 19.9 Å². The number of aromatic amines is 1. The lowest BCUT2D eigenvalue weighted by molar-refractivity contribution is 0.256. The van der Waals surface area contributed by atoms with Crippen molar-refractivity contribution in [1.82, 2.24) is 29.1 Å². The molecule has 0 saturated carbocycles. The minimum absolute atomic E-state index is 0.176. The lowest BCUT2D eigenvalue weighted by Gasteiger charge is -2.26. The second-order valence-corrected chi connectivity index (χ2v) is 9.95. The molecule has 2 aromatic carbocycles. The van der Waals surface area contributed by atoms with Gasteiger partial charge in [-0.15, -0.1) is 0 Å². The maximum absolute atomic E-state index is 12.9. The number of hydrogen-bond donors (Lipinski definition) is 1. The van der Waals surface area contributed by atoms with Gasteiger partial charge in [-0.2, -0.15) is 4.98 Å². The van der Waals surface area contributed by atoms with Crippen molar-refractivity contribution in [2.24, 2.45) is 0 Å². The summed E-state index contributed by atoms with van der Waals surface area (Å²) in [4.78, 5) is 29.3. The predicted octanol–water partition coefficient (Wildman–Crippen LogP) is 2.23. The summed E-state index contributed by atoms with van der Waals surface area (Å²) in [5.41, 5.74) is 2.75. The molecule has 3 aromatic heterocycles. The second kappa shape index (κ2) is 7.01. The molecule has 0 aliphatic carbocycles. The van der Waals surface area contributed by atoms with E-state index in [-0.39, 0.29) is 22.6 Å². The molecular weight excluding hydrogens is 444 g/mol. The Balaban J connectivity index is 1.55. The van der Waals surface area contributed by atoms with Crippen molar-refractivity contribution >= 4 is 32.0 Å². The molecule has 166 valence electrons.